The molecule has 0 bridgehead atoms. The molecule has 4 N–H and O–H groups in total. The largest absolute Gasteiger partial charge is 0.486 e. The molecule has 4 rings (SSSR count). The molecule has 45 heteroatoms. The molecule has 0 radical (unpaired) electrons. The van der Waals surface area contributed by atoms with Gasteiger partial charge in [-0.25, -0.2) is 40.5 Å². The molecule has 304 valence electrons. The third-order valence-corrected chi connectivity index (χ3v) is 7.82. The van der Waals surface area contributed by atoms with E-state index in [9.17, 15) is 121 Å². The fourth-order valence-electron chi connectivity index (χ4n) is 6.12. The zero-order valence-electron chi connectivity index (χ0n) is 25.8. The van der Waals surface area contributed by atoms with E-state index in [2.05, 4.69) is 0 Å². The number of hydrazine groups is 4. The van der Waals surface area contributed by atoms with Gasteiger partial charge < -0.3 is 61.7 Å². The molecule has 4 heterocycles. The first-order valence-corrected chi connectivity index (χ1v) is 13.3. The molecule has 57 heavy (non-hydrogen) atoms. The second-order valence-electron chi connectivity index (χ2n) is 10.4. The monoisotopic (exact) mass is 827 g/mol. The Labute approximate surface area is 300 Å². The van der Waals surface area contributed by atoms with Gasteiger partial charge in [-0.05, 0) is 42.1 Å². The van der Waals surface area contributed by atoms with E-state index in [-0.39, 0.29) is 0 Å². The Morgan fingerprint density at radius 2 is 0.491 bits per heavy atom. The number of hydrogen-bond donors (Lipinski definition) is 4. The maximum Gasteiger partial charge on any atom is 0.486 e. The summed E-state index contributed by atoms with van der Waals surface area (Å²) in [4.78, 5) is 131. The summed E-state index contributed by atoms with van der Waals surface area (Å²) in [7, 11) is 0. The normalized spacial score (nSPS) is 22.6. The van der Waals surface area contributed by atoms with E-state index >= 15 is 0 Å². The van der Waals surface area contributed by atoms with E-state index in [4.69, 9.17) is 0 Å². The molecular weight excluding hydrogens is 819 g/mol. The summed E-state index contributed by atoms with van der Waals surface area (Å²) in [5.41, 5.74) is -9.68. The Morgan fingerprint density at radius 3 is 0.596 bits per heavy atom. The molecule has 0 saturated carbocycles. The summed E-state index contributed by atoms with van der Waals surface area (Å²) >= 11 is 0. The Kier molecular flexibility index (Phi) is 9.35. The molecule has 4 aliphatic heterocycles. The van der Waals surface area contributed by atoms with E-state index in [1.54, 1.807) is 0 Å². The van der Waals surface area contributed by atoms with E-state index in [1.165, 1.54) is 21.3 Å². The minimum Gasteiger partial charge on any atom is -0.358 e. The van der Waals surface area contributed by atoms with E-state index in [1.807, 2.05) is 0 Å². The van der Waals surface area contributed by atoms with Crippen LogP contribution in [0.1, 0.15) is 0 Å². The smallest absolute Gasteiger partial charge is 0.358 e. The molecule has 0 saturated heterocycles. The Balaban J connectivity index is 2.61. The number of nitro groups is 12. The highest BCUT2D eigenvalue weighted by molar-refractivity contribution is 7.03. The van der Waals surface area contributed by atoms with Gasteiger partial charge in [0, 0.05) is 0 Å². The van der Waals surface area contributed by atoms with Crippen molar-refractivity contribution in [3.8, 4) is 0 Å². The topological polar surface area (TPSA) is 579 Å². The maximum atomic E-state index is 12.6. The van der Waals surface area contributed by atoms with E-state index in [0.29, 0.717) is 0 Å². The van der Waals surface area contributed by atoms with E-state index in [0.717, 1.165) is 0 Å². The highest BCUT2D eigenvalue weighted by Gasteiger charge is 2.74. The highest BCUT2D eigenvalue weighted by atomic mass is 16.7. The molecular formula is C12H8BN20O24-. The van der Waals surface area contributed by atoms with Crippen molar-refractivity contribution in [2.75, 3.05) is 0 Å². The summed E-state index contributed by atoms with van der Waals surface area (Å²) in [6.45, 7) is 0. The van der Waals surface area contributed by atoms with Crippen molar-refractivity contribution >= 4 is 6.15 Å². The second kappa shape index (κ2) is 13.3. The number of hydrogen-bond acceptors (Lipinski definition) is 28. The zero-order chi connectivity index (χ0) is 43.5. The first kappa shape index (κ1) is 40.0. The lowest BCUT2D eigenvalue weighted by Gasteiger charge is -2.39. The van der Waals surface area contributed by atoms with Crippen molar-refractivity contribution in [3.05, 3.63) is 167 Å². The van der Waals surface area contributed by atoms with Crippen molar-refractivity contribution in [2.45, 2.75) is 25.2 Å². The van der Waals surface area contributed by atoms with Gasteiger partial charge in [-0.15, -0.1) is 0 Å². The predicted molar refractivity (Wildman–Crippen MR) is 153 cm³/mol. The third-order valence-electron chi connectivity index (χ3n) is 7.82. The molecule has 0 aromatic rings. The quantitative estimate of drug-likeness (QED) is 0.0639. The fraction of sp³-hybridized carbons (Fsp3) is 0.333. The fourth-order valence-corrected chi connectivity index (χ4v) is 6.12. The third kappa shape index (κ3) is 5.67. The average Bonchev–Trinajstić information content (AvgIpc) is 3.86. The summed E-state index contributed by atoms with van der Waals surface area (Å²) in [6, 6.07) is 0. The highest BCUT2D eigenvalue weighted by Crippen LogP contribution is 2.48. The summed E-state index contributed by atoms with van der Waals surface area (Å²) < 4.78 is 0. The van der Waals surface area contributed by atoms with Crippen LogP contribution < -0.4 is 21.3 Å². The van der Waals surface area contributed by atoms with Crippen LogP contribution in [-0.2, 0) is 0 Å². The number of nitrogens with zero attached hydrogens (tertiary/aromatic N) is 16. The Morgan fingerprint density at radius 1 is 0.333 bits per heavy atom. The molecule has 0 aromatic carbocycles. The van der Waals surface area contributed by atoms with Crippen LogP contribution in [0.3, 0.4) is 0 Å². The molecule has 0 aromatic heterocycles. The van der Waals surface area contributed by atoms with Gasteiger partial charge in [0.15, 0.2) is 0 Å². The van der Waals surface area contributed by atoms with Crippen molar-refractivity contribution in [1.29, 1.82) is 0 Å². The summed E-state index contributed by atoms with van der Waals surface area (Å²) in [6.07, 6.45) is -20.4. The van der Waals surface area contributed by atoms with Crippen LogP contribution in [0, 0.1) is 121 Å². The number of rotatable bonds is 16. The molecule has 0 aliphatic carbocycles. The van der Waals surface area contributed by atoms with Gasteiger partial charge in [0.05, 0.1) is 19.7 Å². The van der Waals surface area contributed by atoms with Crippen molar-refractivity contribution in [3.63, 3.8) is 0 Å². The van der Waals surface area contributed by atoms with Crippen LogP contribution in [0.25, 0.3) is 0 Å². The lowest BCUT2D eigenvalue weighted by Crippen LogP contribution is -2.61. The minimum absolute atomic E-state index is 1.21. The van der Waals surface area contributed by atoms with Crippen LogP contribution in [0.15, 0.2) is 45.7 Å². The SMILES string of the molecule is O=[N+]([O-])C1=C([B-](C2=C([N+](=O)[O-])N([N+](=O)[O-])C([N+](=O)[O-])N2)(C2=C([N+](=O)[O-])N([N+](=O)[O-])C([N+](=O)[O-])N2)C2=C([N+](=O)[O-])N([N+](=O)[O-])C([N+](=O)[O-])N2)NC([N+](=O)[O-])N1[N+](=O)[O-]. The lowest BCUT2D eigenvalue weighted by atomic mass is 9.16. The summed E-state index contributed by atoms with van der Waals surface area (Å²) in [5.74, 6) is -10.6. The minimum atomic E-state index is -6.12. The van der Waals surface area contributed by atoms with Crippen LogP contribution >= 0.6 is 0 Å². The average molecular weight is 827 g/mol. The Bertz CT molecular complexity index is 1880. The molecule has 0 amide bonds. The standard InChI is InChI=1S/C12H8BN20O24/c34-22(35)5-1(14-9(26(42)43)18(5)30(50)51)13(2-6(23(36)37)19(31(52)53)10(15-2)27(44)45,3-7(24(38)39)20(32(54)55)11(16-3)28(46)47)4-8(25(40)41)21(33(56)57)12(17-4)29(48)49/h9-12,14-17H/q-1. The van der Waals surface area contributed by atoms with Crippen molar-refractivity contribution in [2.24, 2.45) is 0 Å². The van der Waals surface area contributed by atoms with Gasteiger partial charge in [-0.3, -0.25) is 40.5 Å². The molecule has 0 spiro atoms. The van der Waals surface area contributed by atoms with Crippen LogP contribution in [0.2, 0.25) is 0 Å². The first-order valence-electron chi connectivity index (χ1n) is 13.3. The van der Waals surface area contributed by atoms with Gasteiger partial charge >= 0.3 is 48.4 Å². The van der Waals surface area contributed by atoms with Crippen LogP contribution in [-0.4, -0.2) is 111 Å². The molecule has 4 atom stereocenters. The van der Waals surface area contributed by atoms with Crippen molar-refractivity contribution in [1.82, 2.24) is 41.3 Å². The van der Waals surface area contributed by atoms with Gasteiger partial charge in [0.2, 0.25) is 6.15 Å². The second-order valence-corrected chi connectivity index (χ2v) is 10.4. The van der Waals surface area contributed by atoms with Crippen LogP contribution in [0.5, 0.6) is 0 Å². The van der Waals surface area contributed by atoms with Gasteiger partial charge in [-0.1, -0.05) is 0 Å². The molecule has 4 aliphatic rings. The van der Waals surface area contributed by atoms with E-state index < -0.39 is 157 Å². The zero-order valence-corrected chi connectivity index (χ0v) is 25.8. The van der Waals surface area contributed by atoms with Crippen molar-refractivity contribution < 1.29 is 59.5 Å². The molecule has 44 nitrogen and oxygen atoms in total. The van der Waals surface area contributed by atoms with Gasteiger partial charge in [0.1, 0.15) is 20.0 Å². The lowest BCUT2D eigenvalue weighted by molar-refractivity contribution is -0.741. The summed E-state index contributed by atoms with van der Waals surface area (Å²) in [5, 5.41) is 139. The predicted octanol–water partition coefficient (Wildman–Crippen LogP) is -6.00. The number of nitrogens with one attached hydrogen (secondary N) is 4. The maximum absolute atomic E-state index is 12.6. The molecule has 0 fully saturated rings. The van der Waals surface area contributed by atoms with Gasteiger partial charge in [-0.2, -0.15) is 0 Å². The Hall–Kier alpha value is -9.78. The molecule has 4 unspecified atom stereocenters. The van der Waals surface area contributed by atoms with Crippen LogP contribution in [0.4, 0.5) is 0 Å². The first-order chi connectivity index (χ1) is 26.3. The van der Waals surface area contributed by atoms with Gasteiger partial charge in [0.25, 0.3) is 20.1 Å².